The number of carbonyl (C=O) groups excluding carboxylic acids is 1. The molecule has 1 aromatic rings. The van der Waals surface area contributed by atoms with Crippen LogP contribution in [0.15, 0.2) is 5.38 Å². The number of carbonyl (C=O) groups is 1. The second kappa shape index (κ2) is 7.72. The molecule has 1 aromatic heterocycles. The Labute approximate surface area is 142 Å². The number of aromatic nitrogens is 1. The molecule has 2 unspecified atom stereocenters. The molecule has 2 atom stereocenters. The standard InChI is InChI=1S/C15H25N3O3S2/c1-10(2)7-14-17-13(9-22-14)15(19)16-8-11-5-4-6-12(11)18-23(3,20)21/h9-12,18H,4-8H2,1-3H3,(H,16,19). The first-order valence-corrected chi connectivity index (χ1v) is 10.7. The van der Waals surface area contributed by atoms with Crippen molar-refractivity contribution < 1.29 is 13.2 Å². The van der Waals surface area contributed by atoms with Crippen molar-refractivity contribution in [2.75, 3.05) is 12.8 Å². The minimum absolute atomic E-state index is 0.0859. The van der Waals surface area contributed by atoms with Gasteiger partial charge in [0.15, 0.2) is 0 Å². The second-order valence-electron chi connectivity index (χ2n) is 6.62. The molecule has 0 saturated heterocycles. The number of nitrogens with zero attached hydrogens (tertiary/aromatic N) is 1. The predicted molar refractivity (Wildman–Crippen MR) is 92.1 cm³/mol. The maximum absolute atomic E-state index is 12.2. The number of amides is 1. The Bertz CT molecular complexity index is 640. The van der Waals surface area contributed by atoms with Gasteiger partial charge >= 0.3 is 0 Å². The molecule has 6 nitrogen and oxygen atoms in total. The summed E-state index contributed by atoms with van der Waals surface area (Å²) in [6.45, 7) is 4.72. The zero-order valence-corrected chi connectivity index (χ0v) is 15.5. The van der Waals surface area contributed by atoms with Crippen LogP contribution < -0.4 is 10.0 Å². The highest BCUT2D eigenvalue weighted by Crippen LogP contribution is 2.25. The quantitative estimate of drug-likeness (QED) is 0.777. The third kappa shape index (κ3) is 5.86. The fraction of sp³-hybridized carbons (Fsp3) is 0.733. The Kier molecular flexibility index (Phi) is 6.16. The monoisotopic (exact) mass is 359 g/mol. The normalized spacial score (nSPS) is 21.7. The molecule has 1 heterocycles. The third-order valence-electron chi connectivity index (χ3n) is 3.92. The minimum Gasteiger partial charge on any atom is -0.350 e. The summed E-state index contributed by atoms with van der Waals surface area (Å²) in [5.74, 6) is 0.474. The number of hydrogen-bond donors (Lipinski definition) is 2. The summed E-state index contributed by atoms with van der Waals surface area (Å²) in [5, 5.41) is 5.65. The van der Waals surface area contributed by atoms with Gasteiger partial charge in [-0.3, -0.25) is 4.79 Å². The van der Waals surface area contributed by atoms with E-state index in [4.69, 9.17) is 0 Å². The molecule has 0 aliphatic heterocycles. The van der Waals surface area contributed by atoms with E-state index in [-0.39, 0.29) is 17.9 Å². The van der Waals surface area contributed by atoms with Gasteiger partial charge < -0.3 is 5.32 Å². The van der Waals surface area contributed by atoms with Crippen molar-refractivity contribution in [2.24, 2.45) is 11.8 Å². The SMILES string of the molecule is CC(C)Cc1nc(C(=O)NCC2CCCC2NS(C)(=O)=O)cs1. The van der Waals surface area contributed by atoms with Crippen LogP contribution in [0.25, 0.3) is 0 Å². The molecule has 1 aliphatic rings. The highest BCUT2D eigenvalue weighted by molar-refractivity contribution is 7.88. The lowest BCUT2D eigenvalue weighted by Crippen LogP contribution is -2.41. The van der Waals surface area contributed by atoms with Gasteiger partial charge in [-0.1, -0.05) is 20.3 Å². The molecule has 23 heavy (non-hydrogen) atoms. The molecule has 1 fully saturated rings. The van der Waals surface area contributed by atoms with Crippen LogP contribution in [0.2, 0.25) is 0 Å². The molecular weight excluding hydrogens is 334 g/mol. The molecular formula is C15H25N3O3S2. The number of thiazole rings is 1. The molecule has 1 saturated carbocycles. The van der Waals surface area contributed by atoms with Gasteiger partial charge in [0.25, 0.3) is 5.91 Å². The van der Waals surface area contributed by atoms with Gasteiger partial charge in [-0.05, 0) is 24.7 Å². The smallest absolute Gasteiger partial charge is 0.270 e. The Morgan fingerprint density at radius 1 is 1.43 bits per heavy atom. The summed E-state index contributed by atoms with van der Waals surface area (Å²) in [4.78, 5) is 16.6. The first kappa shape index (κ1) is 18.4. The number of rotatable bonds is 7. The fourth-order valence-corrected chi connectivity index (χ4v) is 4.73. The third-order valence-corrected chi connectivity index (χ3v) is 5.52. The molecule has 8 heteroatoms. The first-order valence-electron chi connectivity index (χ1n) is 7.94. The predicted octanol–water partition coefficient (Wildman–Crippen LogP) is 1.79. The van der Waals surface area contributed by atoms with Gasteiger partial charge in [-0.15, -0.1) is 11.3 Å². The Morgan fingerprint density at radius 2 is 2.17 bits per heavy atom. The molecule has 1 aliphatic carbocycles. The molecule has 2 N–H and O–H groups in total. The lowest BCUT2D eigenvalue weighted by Gasteiger charge is -2.20. The van der Waals surface area contributed by atoms with Crippen molar-refractivity contribution in [1.82, 2.24) is 15.0 Å². The van der Waals surface area contributed by atoms with E-state index in [0.717, 1.165) is 30.7 Å². The van der Waals surface area contributed by atoms with Gasteiger partial charge in [0.05, 0.1) is 11.3 Å². The average molecular weight is 360 g/mol. The van der Waals surface area contributed by atoms with E-state index in [0.29, 0.717) is 18.2 Å². The van der Waals surface area contributed by atoms with Gasteiger partial charge in [0.1, 0.15) is 5.69 Å². The highest BCUT2D eigenvalue weighted by atomic mass is 32.2. The average Bonchev–Trinajstić information content (AvgIpc) is 3.03. The molecule has 2 rings (SSSR count). The van der Waals surface area contributed by atoms with Crippen molar-refractivity contribution in [3.8, 4) is 0 Å². The zero-order chi connectivity index (χ0) is 17.0. The number of sulfonamides is 1. The van der Waals surface area contributed by atoms with E-state index in [1.165, 1.54) is 17.6 Å². The van der Waals surface area contributed by atoms with Crippen LogP contribution in [0.5, 0.6) is 0 Å². The van der Waals surface area contributed by atoms with Crippen molar-refractivity contribution in [3.63, 3.8) is 0 Å². The van der Waals surface area contributed by atoms with Crippen molar-refractivity contribution >= 4 is 27.3 Å². The molecule has 130 valence electrons. The van der Waals surface area contributed by atoms with Crippen LogP contribution in [-0.2, 0) is 16.4 Å². The molecule has 0 spiro atoms. The van der Waals surface area contributed by atoms with E-state index in [1.807, 2.05) is 0 Å². The van der Waals surface area contributed by atoms with Crippen LogP contribution in [-0.4, -0.2) is 38.2 Å². The van der Waals surface area contributed by atoms with E-state index in [2.05, 4.69) is 28.9 Å². The van der Waals surface area contributed by atoms with Crippen molar-refractivity contribution in [1.29, 1.82) is 0 Å². The number of nitrogens with one attached hydrogen (secondary N) is 2. The lowest BCUT2D eigenvalue weighted by molar-refractivity contribution is 0.0941. The lowest BCUT2D eigenvalue weighted by atomic mass is 10.0. The van der Waals surface area contributed by atoms with Crippen LogP contribution in [0.1, 0.15) is 48.6 Å². The summed E-state index contributed by atoms with van der Waals surface area (Å²) in [6, 6.07) is -0.0859. The van der Waals surface area contributed by atoms with Crippen LogP contribution >= 0.6 is 11.3 Å². The summed E-state index contributed by atoms with van der Waals surface area (Å²) in [6.07, 6.45) is 4.77. The summed E-state index contributed by atoms with van der Waals surface area (Å²) < 4.78 is 25.4. The molecule has 0 bridgehead atoms. The zero-order valence-electron chi connectivity index (χ0n) is 13.8. The minimum atomic E-state index is -3.21. The van der Waals surface area contributed by atoms with Gasteiger partial charge in [0.2, 0.25) is 10.0 Å². The van der Waals surface area contributed by atoms with Crippen molar-refractivity contribution in [3.05, 3.63) is 16.1 Å². The van der Waals surface area contributed by atoms with Crippen molar-refractivity contribution in [2.45, 2.75) is 45.6 Å². The van der Waals surface area contributed by atoms with E-state index < -0.39 is 10.0 Å². The Hall–Kier alpha value is -0.990. The molecule has 0 radical (unpaired) electrons. The summed E-state index contributed by atoms with van der Waals surface area (Å²) in [7, 11) is -3.21. The topological polar surface area (TPSA) is 88.2 Å². The van der Waals surface area contributed by atoms with E-state index in [9.17, 15) is 13.2 Å². The maximum atomic E-state index is 12.2. The van der Waals surface area contributed by atoms with Gasteiger partial charge in [-0.2, -0.15) is 0 Å². The Morgan fingerprint density at radius 3 is 2.83 bits per heavy atom. The number of hydrogen-bond acceptors (Lipinski definition) is 5. The fourth-order valence-electron chi connectivity index (χ4n) is 2.88. The van der Waals surface area contributed by atoms with Crippen LogP contribution in [0, 0.1) is 11.8 Å². The first-order chi connectivity index (χ1) is 10.7. The molecule has 1 amide bonds. The highest BCUT2D eigenvalue weighted by Gasteiger charge is 2.29. The Balaban J connectivity index is 1.87. The van der Waals surface area contributed by atoms with Gasteiger partial charge in [0, 0.05) is 24.4 Å². The second-order valence-corrected chi connectivity index (χ2v) is 9.34. The largest absolute Gasteiger partial charge is 0.350 e. The van der Waals surface area contributed by atoms with Crippen LogP contribution in [0.3, 0.4) is 0 Å². The summed E-state index contributed by atoms with van der Waals surface area (Å²) >= 11 is 1.51. The van der Waals surface area contributed by atoms with E-state index in [1.54, 1.807) is 5.38 Å². The molecule has 0 aromatic carbocycles. The maximum Gasteiger partial charge on any atom is 0.270 e. The van der Waals surface area contributed by atoms with Crippen LogP contribution in [0.4, 0.5) is 0 Å². The van der Waals surface area contributed by atoms with E-state index >= 15 is 0 Å². The van der Waals surface area contributed by atoms with Gasteiger partial charge in [-0.25, -0.2) is 18.1 Å². The summed E-state index contributed by atoms with van der Waals surface area (Å²) in [5.41, 5.74) is 0.455.